The van der Waals surface area contributed by atoms with Gasteiger partial charge in [0, 0.05) is 29.6 Å². The van der Waals surface area contributed by atoms with Gasteiger partial charge in [-0.15, -0.1) is 0 Å². The number of aromatic nitrogens is 3. The molecule has 174 valence electrons. The summed E-state index contributed by atoms with van der Waals surface area (Å²) < 4.78 is 4.24. The number of aromatic hydroxyl groups is 1. The summed E-state index contributed by atoms with van der Waals surface area (Å²) in [5.74, 6) is -1.10. The molecule has 6 rings (SSSR count). The summed E-state index contributed by atoms with van der Waals surface area (Å²) in [5, 5.41) is 10.2. The van der Waals surface area contributed by atoms with Crippen LogP contribution in [-0.2, 0) is 16.1 Å². The first-order valence-corrected chi connectivity index (χ1v) is 12.1. The van der Waals surface area contributed by atoms with Crippen molar-refractivity contribution in [2.75, 3.05) is 0 Å². The minimum atomic E-state index is -0.624. The van der Waals surface area contributed by atoms with Gasteiger partial charge in [-0.1, -0.05) is 36.4 Å². The number of fused-ring (bicyclic) bond motifs is 3. The summed E-state index contributed by atoms with van der Waals surface area (Å²) in [6.07, 6.45) is 3.31. The average Bonchev–Trinajstić information content (AvgIpc) is 3.11. The molecule has 0 amide bonds. The van der Waals surface area contributed by atoms with Crippen LogP contribution in [0, 0.1) is 0 Å². The molecule has 0 fully saturated rings. The maximum Gasteiger partial charge on any atom is 0.352 e. The highest BCUT2D eigenvalue weighted by molar-refractivity contribution is 14.1. The Labute approximate surface area is 212 Å². The minimum Gasteiger partial charge on any atom is -0.508 e. The normalized spacial score (nSPS) is 21.2. The number of phenols is 1. The number of Topliss-reactive ketones (excluding diaryl/α,β-unsaturated/α-hetero) is 1. The zero-order valence-electron chi connectivity index (χ0n) is 18.2. The number of rotatable bonds is 2. The number of benzene rings is 2. The second-order valence-electron chi connectivity index (χ2n) is 8.69. The van der Waals surface area contributed by atoms with Gasteiger partial charge in [0.1, 0.15) is 5.75 Å². The fourth-order valence-corrected chi connectivity index (χ4v) is 5.92. The van der Waals surface area contributed by atoms with Crippen molar-refractivity contribution in [2.45, 2.75) is 24.9 Å². The Morgan fingerprint density at radius 3 is 2.46 bits per heavy atom. The summed E-state index contributed by atoms with van der Waals surface area (Å²) in [5.41, 5.74) is 1.61. The zero-order chi connectivity index (χ0) is 24.4. The van der Waals surface area contributed by atoms with Gasteiger partial charge in [0.2, 0.25) is 0 Å². The molecule has 0 radical (unpaired) electrons. The van der Waals surface area contributed by atoms with Crippen molar-refractivity contribution in [3.05, 3.63) is 114 Å². The van der Waals surface area contributed by atoms with Crippen LogP contribution in [0.4, 0.5) is 0 Å². The summed E-state index contributed by atoms with van der Waals surface area (Å²) in [6, 6.07) is 14.6. The Hall–Kier alpha value is -3.73. The molecule has 0 unspecified atom stereocenters. The van der Waals surface area contributed by atoms with Crippen molar-refractivity contribution in [2.24, 2.45) is 0 Å². The average molecular weight is 579 g/mol. The van der Waals surface area contributed by atoms with Crippen molar-refractivity contribution in [3.8, 4) is 11.4 Å². The van der Waals surface area contributed by atoms with Crippen molar-refractivity contribution >= 4 is 34.2 Å². The van der Waals surface area contributed by atoms with Gasteiger partial charge in [-0.25, -0.2) is 23.5 Å². The molecule has 0 spiro atoms. The number of para-hydroxylation sites is 1. The maximum atomic E-state index is 13.6. The molecule has 3 aliphatic rings. The van der Waals surface area contributed by atoms with Gasteiger partial charge in [-0.05, 0) is 58.0 Å². The molecule has 0 saturated carbocycles. The third kappa shape index (κ3) is 3.18. The van der Waals surface area contributed by atoms with E-state index in [1.54, 1.807) is 48.5 Å². The lowest BCUT2D eigenvalue weighted by Gasteiger charge is -2.39. The van der Waals surface area contributed by atoms with E-state index in [1.165, 1.54) is 21.5 Å². The molecule has 2 heterocycles. The Morgan fingerprint density at radius 1 is 0.943 bits per heavy atom. The van der Waals surface area contributed by atoms with Crippen LogP contribution in [0.15, 0.2) is 96.6 Å². The predicted octanol–water partition coefficient (Wildman–Crippen LogP) is 2.94. The number of nitrogens with zero attached hydrogens (tertiary/aromatic N) is 3. The first-order chi connectivity index (χ1) is 16.9. The van der Waals surface area contributed by atoms with Gasteiger partial charge in [0.25, 0.3) is 0 Å². The highest BCUT2D eigenvalue weighted by Crippen LogP contribution is 2.50. The Balaban J connectivity index is 1.60. The molecule has 2 aromatic carbocycles. The SMILES string of the molecule is O=C1C=C(I)C(=O)C2=C1C[C@@H]1C(=CCn3c(=O)n(-c4ccccc4)c(=O)n31)[C@@H]2c1cccc(O)c1. The van der Waals surface area contributed by atoms with Gasteiger partial charge in [-0.2, -0.15) is 0 Å². The van der Waals surface area contributed by atoms with Crippen LogP contribution in [0.3, 0.4) is 0 Å². The summed E-state index contributed by atoms with van der Waals surface area (Å²) in [7, 11) is 0. The lowest BCUT2D eigenvalue weighted by atomic mass is 9.69. The molecule has 1 aliphatic heterocycles. The standard InChI is InChI=1S/C26H18IN3O5/c27-19-13-21(32)18-12-20-17(22(23(18)24(19)33)14-5-4-8-16(31)11-14)9-10-28-25(34)29(26(35)30(20)28)15-6-2-1-3-7-15/h1-9,11,13,20,22,31H,10,12H2/t20-,22+/m1/s1. The van der Waals surface area contributed by atoms with Crippen LogP contribution in [0.25, 0.3) is 5.69 Å². The number of ketones is 2. The highest BCUT2D eigenvalue weighted by atomic mass is 127. The van der Waals surface area contributed by atoms with E-state index in [0.29, 0.717) is 26.0 Å². The Kier molecular flexibility index (Phi) is 4.92. The number of carbonyl (C=O) groups excluding carboxylic acids is 2. The molecular formula is C26H18IN3O5. The smallest absolute Gasteiger partial charge is 0.352 e. The van der Waals surface area contributed by atoms with E-state index >= 15 is 0 Å². The van der Waals surface area contributed by atoms with Gasteiger partial charge in [0.05, 0.1) is 21.9 Å². The van der Waals surface area contributed by atoms with Crippen LogP contribution in [0.2, 0.25) is 0 Å². The van der Waals surface area contributed by atoms with Crippen LogP contribution in [0.1, 0.15) is 23.9 Å². The molecule has 9 heteroatoms. The van der Waals surface area contributed by atoms with Crippen molar-refractivity contribution in [1.82, 2.24) is 13.9 Å². The highest BCUT2D eigenvalue weighted by Gasteiger charge is 2.45. The van der Waals surface area contributed by atoms with E-state index < -0.39 is 23.3 Å². The fraction of sp³-hybridized carbons (Fsp3) is 0.154. The van der Waals surface area contributed by atoms with Crippen molar-refractivity contribution in [1.29, 1.82) is 0 Å². The van der Waals surface area contributed by atoms with E-state index in [2.05, 4.69) is 0 Å². The number of hydrogen-bond acceptors (Lipinski definition) is 5. The van der Waals surface area contributed by atoms with Crippen molar-refractivity contribution in [3.63, 3.8) is 0 Å². The number of carbonyl (C=O) groups is 2. The van der Waals surface area contributed by atoms with E-state index in [1.807, 2.05) is 28.7 Å². The first kappa shape index (κ1) is 21.8. The van der Waals surface area contributed by atoms with E-state index in [-0.39, 0.29) is 30.3 Å². The number of phenolic OH excluding ortho intramolecular Hbond substituents is 1. The zero-order valence-corrected chi connectivity index (χ0v) is 20.4. The summed E-state index contributed by atoms with van der Waals surface area (Å²) in [4.78, 5) is 53.2. The third-order valence-corrected chi connectivity index (χ3v) is 7.62. The maximum absolute atomic E-state index is 13.6. The molecule has 1 N–H and O–H groups in total. The summed E-state index contributed by atoms with van der Waals surface area (Å²) in [6.45, 7) is 0.146. The van der Waals surface area contributed by atoms with Gasteiger partial charge in [0.15, 0.2) is 11.6 Å². The van der Waals surface area contributed by atoms with Gasteiger partial charge < -0.3 is 5.11 Å². The van der Waals surface area contributed by atoms with Crippen LogP contribution < -0.4 is 11.4 Å². The number of halogens is 1. The molecule has 3 aromatic rings. The molecule has 8 nitrogen and oxygen atoms in total. The minimum absolute atomic E-state index is 0.0345. The van der Waals surface area contributed by atoms with Gasteiger partial charge >= 0.3 is 11.4 Å². The third-order valence-electron chi connectivity index (χ3n) is 6.82. The topological polar surface area (TPSA) is 103 Å². The quantitative estimate of drug-likeness (QED) is 0.286. The molecule has 0 saturated heterocycles. The Bertz CT molecular complexity index is 1650. The molecule has 35 heavy (non-hydrogen) atoms. The Morgan fingerprint density at radius 2 is 1.71 bits per heavy atom. The van der Waals surface area contributed by atoms with E-state index in [4.69, 9.17) is 0 Å². The van der Waals surface area contributed by atoms with Gasteiger partial charge in [-0.3, -0.25) is 9.59 Å². The molecule has 0 bridgehead atoms. The van der Waals surface area contributed by atoms with Crippen molar-refractivity contribution < 1.29 is 14.7 Å². The molecule has 1 aromatic heterocycles. The monoisotopic (exact) mass is 579 g/mol. The second kappa shape index (κ2) is 7.91. The number of allylic oxidation sites excluding steroid dienone is 6. The van der Waals surface area contributed by atoms with Crippen LogP contribution in [0.5, 0.6) is 5.75 Å². The lowest BCUT2D eigenvalue weighted by molar-refractivity contribution is -0.115. The predicted molar refractivity (Wildman–Crippen MR) is 136 cm³/mol. The second-order valence-corrected chi connectivity index (χ2v) is 9.85. The van der Waals surface area contributed by atoms with Crippen LogP contribution >= 0.6 is 22.6 Å². The first-order valence-electron chi connectivity index (χ1n) is 11.0. The van der Waals surface area contributed by atoms with E-state index in [0.717, 1.165) is 10.1 Å². The molecule has 2 aliphatic carbocycles. The molecular weight excluding hydrogens is 561 g/mol. The largest absolute Gasteiger partial charge is 0.508 e. The summed E-state index contributed by atoms with van der Waals surface area (Å²) >= 11 is 1.87. The molecule has 2 atom stereocenters. The lowest BCUT2D eigenvalue weighted by Crippen LogP contribution is -2.40. The van der Waals surface area contributed by atoms with E-state index in [9.17, 15) is 24.3 Å². The van der Waals surface area contributed by atoms with Crippen LogP contribution in [-0.4, -0.2) is 30.6 Å². The number of hydrogen-bond donors (Lipinski definition) is 1. The fourth-order valence-electron chi connectivity index (χ4n) is 5.35.